The van der Waals surface area contributed by atoms with Gasteiger partial charge in [0, 0.05) is 12.2 Å². The lowest BCUT2D eigenvalue weighted by Crippen LogP contribution is -2.06. The van der Waals surface area contributed by atoms with Crippen molar-refractivity contribution in [2.45, 2.75) is 0 Å². The first-order valence-electron chi connectivity index (χ1n) is 12.6. The predicted molar refractivity (Wildman–Crippen MR) is 160 cm³/mol. The molecule has 202 valence electrons. The van der Waals surface area contributed by atoms with Crippen molar-refractivity contribution in [2.24, 2.45) is 0 Å². The lowest BCUT2D eigenvalue weighted by molar-refractivity contribution is 0.414. The number of phenolic OH excluding ortho intramolecular Hbond substituents is 1. The summed E-state index contributed by atoms with van der Waals surface area (Å²) in [5, 5.41) is 10.1. The molecular formula is C33H24N2O6. The van der Waals surface area contributed by atoms with Crippen LogP contribution in [0.3, 0.4) is 0 Å². The van der Waals surface area contributed by atoms with Crippen LogP contribution < -0.4 is 15.9 Å². The molecule has 0 saturated carbocycles. The molecule has 0 spiro atoms. The Labute approximate surface area is 234 Å². The molecule has 8 heteroatoms. The number of hydrogen-bond donors (Lipinski definition) is 1. The number of fused-ring (bicyclic) bond motifs is 2. The van der Waals surface area contributed by atoms with Gasteiger partial charge in [0.15, 0.2) is 0 Å². The number of phenols is 1. The highest BCUT2D eigenvalue weighted by Gasteiger charge is 2.04. The maximum atomic E-state index is 11.9. The van der Waals surface area contributed by atoms with Crippen LogP contribution in [-0.4, -0.2) is 22.2 Å². The van der Waals surface area contributed by atoms with Gasteiger partial charge in [0.1, 0.15) is 22.7 Å². The van der Waals surface area contributed by atoms with Crippen LogP contribution in [0.25, 0.3) is 46.2 Å². The van der Waals surface area contributed by atoms with Crippen LogP contribution in [0.5, 0.6) is 11.5 Å². The highest BCUT2D eigenvalue weighted by atomic mass is 16.5. The second kappa shape index (κ2) is 12.4. The number of aromatic hydroxyl groups is 1. The third-order valence-electron chi connectivity index (χ3n) is 5.91. The first-order chi connectivity index (χ1) is 20.0. The molecular weight excluding hydrogens is 520 g/mol. The molecule has 0 aliphatic heterocycles. The Balaban J connectivity index is 0.000000165. The summed E-state index contributed by atoms with van der Waals surface area (Å²) in [7, 11) is 1.62. The predicted octanol–water partition coefficient (Wildman–Crippen LogP) is 6.43. The van der Waals surface area contributed by atoms with Crippen LogP contribution in [0, 0.1) is 0 Å². The smallest absolute Gasteiger partial charge is 0.284 e. The summed E-state index contributed by atoms with van der Waals surface area (Å²) in [4.78, 5) is 31.5. The van der Waals surface area contributed by atoms with Crippen molar-refractivity contribution in [3.8, 4) is 11.5 Å². The second-order valence-corrected chi connectivity index (χ2v) is 8.74. The highest BCUT2D eigenvalue weighted by Crippen LogP contribution is 2.17. The zero-order valence-corrected chi connectivity index (χ0v) is 21.9. The van der Waals surface area contributed by atoms with Gasteiger partial charge in [0.2, 0.25) is 11.8 Å². The van der Waals surface area contributed by atoms with E-state index in [1.807, 2.05) is 36.4 Å². The van der Waals surface area contributed by atoms with Gasteiger partial charge < -0.3 is 18.7 Å². The molecule has 4 aromatic carbocycles. The zero-order chi connectivity index (χ0) is 28.6. The topological polar surface area (TPSA) is 116 Å². The number of ether oxygens (including phenoxy) is 1. The molecule has 0 aliphatic rings. The molecule has 0 unspecified atom stereocenters. The van der Waals surface area contributed by atoms with Gasteiger partial charge in [0.25, 0.3) is 11.1 Å². The summed E-state index contributed by atoms with van der Waals surface area (Å²) in [5.41, 5.74) is 2.26. The Morgan fingerprint density at radius 2 is 1.17 bits per heavy atom. The summed E-state index contributed by atoms with van der Waals surface area (Å²) >= 11 is 0. The average molecular weight is 545 g/mol. The normalized spacial score (nSPS) is 11.1. The quantitative estimate of drug-likeness (QED) is 0.264. The van der Waals surface area contributed by atoms with Crippen LogP contribution in [0.1, 0.15) is 22.9 Å². The zero-order valence-electron chi connectivity index (χ0n) is 21.9. The van der Waals surface area contributed by atoms with Gasteiger partial charge in [0.05, 0.1) is 17.9 Å². The van der Waals surface area contributed by atoms with E-state index < -0.39 is 0 Å². The lowest BCUT2D eigenvalue weighted by Gasteiger charge is -2.00. The fourth-order valence-corrected chi connectivity index (χ4v) is 3.86. The van der Waals surface area contributed by atoms with Gasteiger partial charge in [-0.05, 0) is 71.8 Å². The van der Waals surface area contributed by atoms with Crippen LogP contribution in [0.15, 0.2) is 115 Å². The molecule has 2 heterocycles. The summed E-state index contributed by atoms with van der Waals surface area (Å²) in [6.45, 7) is 0. The summed E-state index contributed by atoms with van der Waals surface area (Å²) in [6.07, 6.45) is 6.88. The minimum absolute atomic E-state index is 0.206. The molecule has 0 fully saturated rings. The van der Waals surface area contributed by atoms with Crippen molar-refractivity contribution in [3.63, 3.8) is 0 Å². The molecule has 41 heavy (non-hydrogen) atoms. The van der Waals surface area contributed by atoms with Crippen molar-refractivity contribution in [1.29, 1.82) is 0 Å². The van der Waals surface area contributed by atoms with Gasteiger partial charge in [-0.2, -0.15) is 9.97 Å². The molecule has 0 radical (unpaired) electrons. The van der Waals surface area contributed by atoms with E-state index in [0.717, 1.165) is 16.9 Å². The molecule has 8 nitrogen and oxygen atoms in total. The molecule has 2 aromatic heterocycles. The molecule has 6 rings (SSSR count). The van der Waals surface area contributed by atoms with Crippen molar-refractivity contribution < 1.29 is 18.7 Å². The summed E-state index contributed by atoms with van der Waals surface area (Å²) in [6, 6.07) is 28.3. The fourth-order valence-electron chi connectivity index (χ4n) is 3.86. The number of aromatic nitrogens is 2. The fraction of sp³-hybridized carbons (Fsp3) is 0.0303. The molecule has 0 aliphatic carbocycles. The standard InChI is InChI=1S/C17H13NO3.C16H11NO3/c1-20-13-6-4-5-12(11-13)9-10-16-18-17(19)14-7-2-3-8-15(14)21-16;18-12-8-5-11(6-9-12)7-10-15-17-16(19)13-3-1-2-4-14(13)20-15/h2-11H,1H3;1-10,18H/b10-9+;10-7+. The van der Waals surface area contributed by atoms with E-state index in [4.69, 9.17) is 13.6 Å². The van der Waals surface area contributed by atoms with Gasteiger partial charge in [-0.1, -0.05) is 48.5 Å². The first-order valence-corrected chi connectivity index (χ1v) is 12.6. The van der Waals surface area contributed by atoms with Crippen molar-refractivity contribution >= 4 is 46.2 Å². The van der Waals surface area contributed by atoms with E-state index in [2.05, 4.69) is 9.97 Å². The van der Waals surface area contributed by atoms with Crippen molar-refractivity contribution in [2.75, 3.05) is 7.11 Å². The van der Waals surface area contributed by atoms with Gasteiger partial charge >= 0.3 is 0 Å². The Morgan fingerprint density at radius 1 is 0.634 bits per heavy atom. The minimum Gasteiger partial charge on any atom is -0.508 e. The Bertz CT molecular complexity index is 1990. The second-order valence-electron chi connectivity index (χ2n) is 8.74. The van der Waals surface area contributed by atoms with E-state index in [0.29, 0.717) is 21.9 Å². The highest BCUT2D eigenvalue weighted by molar-refractivity contribution is 5.77. The Hall–Kier alpha value is -5.76. The van der Waals surface area contributed by atoms with Crippen molar-refractivity contribution in [1.82, 2.24) is 9.97 Å². The molecule has 0 bridgehead atoms. The molecule has 0 atom stereocenters. The molecule has 1 N–H and O–H groups in total. The van der Waals surface area contributed by atoms with Crippen LogP contribution in [0.2, 0.25) is 0 Å². The number of para-hydroxylation sites is 2. The average Bonchev–Trinajstić information content (AvgIpc) is 3.00. The van der Waals surface area contributed by atoms with E-state index in [1.54, 1.807) is 92.1 Å². The number of benzene rings is 4. The third kappa shape index (κ3) is 6.82. The molecule has 6 aromatic rings. The number of rotatable bonds is 5. The minimum atomic E-state index is -0.308. The van der Waals surface area contributed by atoms with Crippen LogP contribution in [-0.2, 0) is 0 Å². The Morgan fingerprint density at radius 3 is 1.73 bits per heavy atom. The van der Waals surface area contributed by atoms with Gasteiger partial charge in [-0.3, -0.25) is 9.59 Å². The lowest BCUT2D eigenvalue weighted by atomic mass is 10.2. The molecule has 0 amide bonds. The van der Waals surface area contributed by atoms with E-state index >= 15 is 0 Å². The maximum Gasteiger partial charge on any atom is 0.284 e. The van der Waals surface area contributed by atoms with Crippen molar-refractivity contribution in [3.05, 3.63) is 141 Å². The SMILES string of the molecule is COc1cccc(/C=C/c2nc(=O)c3ccccc3o2)c1.O=c1nc(/C=C/c2ccc(O)cc2)oc2ccccc12. The monoisotopic (exact) mass is 544 g/mol. The van der Waals surface area contributed by atoms with Gasteiger partial charge in [-0.25, -0.2) is 0 Å². The van der Waals surface area contributed by atoms with E-state index in [-0.39, 0.29) is 28.6 Å². The van der Waals surface area contributed by atoms with E-state index in [9.17, 15) is 14.7 Å². The number of methoxy groups -OCH3 is 1. The third-order valence-corrected chi connectivity index (χ3v) is 5.91. The Kier molecular flexibility index (Phi) is 8.11. The van der Waals surface area contributed by atoms with Crippen LogP contribution >= 0.6 is 0 Å². The number of nitrogens with zero attached hydrogens (tertiary/aromatic N) is 2. The number of hydrogen-bond acceptors (Lipinski definition) is 8. The summed E-state index contributed by atoms with van der Waals surface area (Å²) < 4.78 is 16.3. The maximum absolute atomic E-state index is 11.9. The largest absolute Gasteiger partial charge is 0.508 e. The van der Waals surface area contributed by atoms with Crippen LogP contribution in [0.4, 0.5) is 0 Å². The van der Waals surface area contributed by atoms with Gasteiger partial charge in [-0.15, -0.1) is 0 Å². The summed E-state index contributed by atoms with van der Waals surface area (Å²) in [5.74, 6) is 1.51. The molecule has 0 saturated heterocycles. The van der Waals surface area contributed by atoms with E-state index in [1.165, 1.54) is 0 Å². The first kappa shape index (κ1) is 26.8.